The predicted molar refractivity (Wildman–Crippen MR) is 82.6 cm³/mol. The zero-order valence-electron chi connectivity index (χ0n) is 10.5. The van der Waals surface area contributed by atoms with Crippen molar-refractivity contribution < 1.29 is 0 Å². The van der Waals surface area contributed by atoms with Gasteiger partial charge in [-0.1, -0.05) is 75.6 Å². The zero-order chi connectivity index (χ0) is 13.1. The average molecular weight is 324 g/mol. The maximum absolute atomic E-state index is 6.54. The molecule has 2 rings (SSSR count). The van der Waals surface area contributed by atoms with Crippen LogP contribution in [0.4, 0.5) is 0 Å². The Morgan fingerprint density at radius 3 is 1.61 bits per heavy atom. The van der Waals surface area contributed by atoms with Crippen LogP contribution in [0.15, 0.2) is 48.5 Å². The minimum Gasteiger partial charge on any atom is -0.116 e. The van der Waals surface area contributed by atoms with E-state index in [9.17, 15) is 0 Å². The summed E-state index contributed by atoms with van der Waals surface area (Å²) >= 11 is 10.2. The van der Waals surface area contributed by atoms with Crippen molar-refractivity contribution in [2.45, 2.75) is 24.1 Å². The number of halogens is 2. The Morgan fingerprint density at radius 2 is 1.17 bits per heavy atom. The molecule has 0 aliphatic rings. The molecule has 2 aromatic carbocycles. The van der Waals surface area contributed by atoms with Crippen LogP contribution in [0.5, 0.6) is 0 Å². The second-order valence-electron chi connectivity index (χ2n) is 4.62. The van der Waals surface area contributed by atoms with E-state index in [4.69, 9.17) is 11.6 Å². The smallest absolute Gasteiger partial charge is 0.0751 e. The van der Waals surface area contributed by atoms with E-state index in [1.54, 1.807) is 0 Å². The van der Waals surface area contributed by atoms with Crippen LogP contribution in [-0.2, 0) is 0 Å². The molecule has 2 aromatic rings. The van der Waals surface area contributed by atoms with Crippen molar-refractivity contribution in [1.82, 2.24) is 0 Å². The zero-order valence-corrected chi connectivity index (χ0v) is 12.9. The molecule has 0 spiro atoms. The molecule has 2 atom stereocenters. The van der Waals surface area contributed by atoms with Gasteiger partial charge in [0, 0.05) is 0 Å². The Hall–Kier alpha value is -0.790. The number of aryl methyl sites for hydroxylation is 2. The first kappa shape index (κ1) is 13.6. The van der Waals surface area contributed by atoms with Crippen molar-refractivity contribution in [2.24, 2.45) is 0 Å². The molecule has 0 bridgehead atoms. The molecule has 0 amide bonds. The van der Waals surface area contributed by atoms with Crippen molar-refractivity contribution in [1.29, 1.82) is 0 Å². The number of benzene rings is 2. The molecule has 0 fully saturated rings. The lowest BCUT2D eigenvalue weighted by Gasteiger charge is -2.17. The quantitative estimate of drug-likeness (QED) is 0.634. The van der Waals surface area contributed by atoms with Crippen molar-refractivity contribution in [3.8, 4) is 0 Å². The molecular formula is C16H16BrCl. The summed E-state index contributed by atoms with van der Waals surface area (Å²) in [7, 11) is 0. The highest BCUT2D eigenvalue weighted by atomic mass is 79.9. The Labute approximate surface area is 122 Å². The lowest BCUT2D eigenvalue weighted by molar-refractivity contribution is 0.908. The largest absolute Gasteiger partial charge is 0.116 e. The van der Waals surface area contributed by atoms with Gasteiger partial charge < -0.3 is 0 Å². The van der Waals surface area contributed by atoms with Gasteiger partial charge in [0.2, 0.25) is 0 Å². The molecule has 2 heteroatoms. The van der Waals surface area contributed by atoms with Gasteiger partial charge in [-0.15, -0.1) is 11.6 Å². The van der Waals surface area contributed by atoms with Crippen LogP contribution in [0.25, 0.3) is 0 Å². The molecule has 0 saturated carbocycles. The van der Waals surface area contributed by atoms with E-state index in [-0.39, 0.29) is 10.2 Å². The molecule has 0 unspecified atom stereocenters. The number of hydrogen-bond acceptors (Lipinski definition) is 0. The first-order chi connectivity index (χ1) is 8.58. The average Bonchev–Trinajstić information content (AvgIpc) is 2.39. The van der Waals surface area contributed by atoms with Gasteiger partial charge in [0.25, 0.3) is 0 Å². The van der Waals surface area contributed by atoms with Crippen LogP contribution in [0.2, 0.25) is 0 Å². The Kier molecular flexibility index (Phi) is 4.47. The van der Waals surface area contributed by atoms with Crippen LogP contribution in [-0.4, -0.2) is 0 Å². The van der Waals surface area contributed by atoms with Crippen molar-refractivity contribution in [2.75, 3.05) is 0 Å². The summed E-state index contributed by atoms with van der Waals surface area (Å²) in [6.07, 6.45) is 0. The summed E-state index contributed by atoms with van der Waals surface area (Å²) in [6.45, 7) is 4.17. The Balaban J connectivity index is 2.20. The third-order valence-electron chi connectivity index (χ3n) is 3.05. The normalized spacial score (nSPS) is 14.2. The van der Waals surface area contributed by atoms with E-state index in [0.29, 0.717) is 0 Å². The summed E-state index contributed by atoms with van der Waals surface area (Å²) in [5, 5.41) is -0.0618. The van der Waals surface area contributed by atoms with Crippen molar-refractivity contribution >= 4 is 27.5 Å². The van der Waals surface area contributed by atoms with Gasteiger partial charge in [-0.05, 0) is 25.0 Å². The molecule has 0 heterocycles. The van der Waals surface area contributed by atoms with Gasteiger partial charge in [0.1, 0.15) is 0 Å². The van der Waals surface area contributed by atoms with Gasteiger partial charge in [0.05, 0.1) is 10.2 Å². The van der Waals surface area contributed by atoms with Gasteiger partial charge in [-0.2, -0.15) is 0 Å². The highest BCUT2D eigenvalue weighted by Crippen LogP contribution is 2.40. The molecule has 0 radical (unpaired) electrons. The van der Waals surface area contributed by atoms with Gasteiger partial charge in [0.15, 0.2) is 0 Å². The molecule has 0 aromatic heterocycles. The summed E-state index contributed by atoms with van der Waals surface area (Å²) in [5.41, 5.74) is 4.87. The molecule has 0 aliphatic heterocycles. The predicted octanol–water partition coefficient (Wildman–Crippen LogP) is 5.72. The number of rotatable bonds is 3. The SMILES string of the molecule is Cc1ccc([C@@H](Br)[C@@H](Cl)c2ccc(C)cc2)cc1. The number of alkyl halides is 2. The standard InChI is InChI=1S/C16H16BrCl/c1-11-3-7-13(8-4-11)15(17)16(18)14-9-5-12(2)6-10-14/h3-10,15-16H,1-2H3/t15-,16+/m1/s1. The molecular weight excluding hydrogens is 308 g/mol. The monoisotopic (exact) mass is 322 g/mol. The van der Waals surface area contributed by atoms with Crippen LogP contribution in [0, 0.1) is 13.8 Å². The minimum absolute atomic E-state index is 0.0618. The fourth-order valence-corrected chi connectivity index (χ4v) is 2.74. The van der Waals surface area contributed by atoms with Crippen molar-refractivity contribution in [3.63, 3.8) is 0 Å². The summed E-state index contributed by atoms with van der Waals surface area (Å²) in [5.74, 6) is 0. The van der Waals surface area contributed by atoms with Crippen molar-refractivity contribution in [3.05, 3.63) is 70.8 Å². The highest BCUT2D eigenvalue weighted by Gasteiger charge is 2.19. The summed E-state index contributed by atoms with van der Waals surface area (Å²) in [4.78, 5) is 0.127. The van der Waals surface area contributed by atoms with Crippen LogP contribution >= 0.6 is 27.5 Å². The Morgan fingerprint density at radius 1 is 0.778 bits per heavy atom. The molecule has 0 N–H and O–H groups in total. The summed E-state index contributed by atoms with van der Waals surface area (Å²) < 4.78 is 0. The molecule has 0 nitrogen and oxygen atoms in total. The van der Waals surface area contributed by atoms with Crippen LogP contribution in [0.3, 0.4) is 0 Å². The van der Waals surface area contributed by atoms with Crippen LogP contribution in [0.1, 0.15) is 32.5 Å². The maximum atomic E-state index is 6.54. The van der Waals surface area contributed by atoms with Gasteiger partial charge in [-0.25, -0.2) is 0 Å². The summed E-state index contributed by atoms with van der Waals surface area (Å²) in [6, 6.07) is 16.9. The van der Waals surface area contributed by atoms with Gasteiger partial charge in [-0.3, -0.25) is 0 Å². The van der Waals surface area contributed by atoms with E-state index >= 15 is 0 Å². The first-order valence-corrected chi connectivity index (χ1v) is 7.34. The third kappa shape index (κ3) is 3.15. The fraction of sp³-hybridized carbons (Fsp3) is 0.250. The topological polar surface area (TPSA) is 0 Å². The molecule has 0 aliphatic carbocycles. The lowest BCUT2D eigenvalue weighted by Crippen LogP contribution is -1.99. The lowest BCUT2D eigenvalue weighted by atomic mass is 10.0. The molecule has 94 valence electrons. The van der Waals surface area contributed by atoms with E-state index in [1.165, 1.54) is 16.7 Å². The first-order valence-electron chi connectivity index (χ1n) is 5.99. The Bertz CT molecular complexity index is 452. The highest BCUT2D eigenvalue weighted by molar-refractivity contribution is 9.09. The molecule has 0 saturated heterocycles. The van der Waals surface area contributed by atoms with E-state index in [2.05, 4.69) is 78.3 Å². The second-order valence-corrected chi connectivity index (χ2v) is 6.08. The third-order valence-corrected chi connectivity index (χ3v) is 4.91. The number of hydrogen-bond donors (Lipinski definition) is 0. The fourth-order valence-electron chi connectivity index (χ4n) is 1.84. The maximum Gasteiger partial charge on any atom is 0.0751 e. The minimum atomic E-state index is -0.0618. The van der Waals surface area contributed by atoms with Gasteiger partial charge >= 0.3 is 0 Å². The van der Waals surface area contributed by atoms with E-state index < -0.39 is 0 Å². The van der Waals surface area contributed by atoms with E-state index in [1.807, 2.05) is 0 Å². The van der Waals surface area contributed by atoms with E-state index in [0.717, 1.165) is 5.56 Å². The van der Waals surface area contributed by atoms with Crippen LogP contribution < -0.4 is 0 Å². The molecule has 18 heavy (non-hydrogen) atoms. The second kappa shape index (κ2) is 5.90.